The molecule has 1 fully saturated rings. The zero-order valence-corrected chi connectivity index (χ0v) is 13.6. The third-order valence-electron chi connectivity index (χ3n) is 4.19. The van der Waals surface area contributed by atoms with Crippen molar-refractivity contribution >= 4 is 23.3 Å². The maximum atomic E-state index is 12.6. The van der Waals surface area contributed by atoms with Gasteiger partial charge in [-0.05, 0) is 55.7 Å². The minimum atomic E-state index is -1.04. The summed E-state index contributed by atoms with van der Waals surface area (Å²) in [6.45, 7) is 3.75. The van der Waals surface area contributed by atoms with Gasteiger partial charge in [0.25, 0.3) is 5.91 Å². The molecule has 0 radical (unpaired) electrons. The van der Waals surface area contributed by atoms with Gasteiger partial charge in [-0.3, -0.25) is 4.79 Å². The molecular formula is C19H20N2O3. The molecule has 0 saturated carbocycles. The van der Waals surface area contributed by atoms with E-state index in [1.54, 1.807) is 19.1 Å². The minimum absolute atomic E-state index is 0.118. The van der Waals surface area contributed by atoms with Crippen LogP contribution < -0.4 is 10.2 Å². The molecule has 124 valence electrons. The largest absolute Gasteiger partial charge is 0.478 e. The smallest absolute Gasteiger partial charge is 0.335 e. The van der Waals surface area contributed by atoms with Crippen LogP contribution in [0.4, 0.5) is 11.4 Å². The maximum absolute atomic E-state index is 12.6. The minimum Gasteiger partial charge on any atom is -0.478 e. The molecule has 2 aromatic carbocycles. The van der Waals surface area contributed by atoms with Gasteiger partial charge in [0.05, 0.1) is 16.9 Å². The highest BCUT2D eigenvalue weighted by atomic mass is 16.4. The van der Waals surface area contributed by atoms with Crippen molar-refractivity contribution in [1.82, 2.24) is 0 Å². The molecule has 24 heavy (non-hydrogen) atoms. The molecule has 2 N–H and O–H groups in total. The first kappa shape index (κ1) is 16.1. The van der Waals surface area contributed by atoms with Crippen LogP contribution >= 0.6 is 0 Å². The Labute approximate surface area is 140 Å². The molecule has 1 saturated heterocycles. The van der Waals surface area contributed by atoms with E-state index in [-0.39, 0.29) is 11.5 Å². The lowest BCUT2D eigenvalue weighted by Gasteiger charge is -2.21. The zero-order chi connectivity index (χ0) is 17.1. The topological polar surface area (TPSA) is 69.6 Å². The van der Waals surface area contributed by atoms with Gasteiger partial charge < -0.3 is 15.3 Å². The molecule has 2 aromatic rings. The molecule has 0 atom stereocenters. The van der Waals surface area contributed by atoms with Gasteiger partial charge in [-0.15, -0.1) is 0 Å². The number of carboxylic acid groups (broad SMARTS) is 1. The number of carbonyl (C=O) groups excluding carboxylic acids is 1. The number of benzene rings is 2. The van der Waals surface area contributed by atoms with Gasteiger partial charge in [-0.2, -0.15) is 0 Å². The second-order valence-electron chi connectivity index (χ2n) is 6.06. The number of carboxylic acids is 1. The molecule has 5 nitrogen and oxygen atoms in total. The lowest BCUT2D eigenvalue weighted by atomic mass is 10.1. The van der Waals surface area contributed by atoms with Crippen LogP contribution in [0.25, 0.3) is 0 Å². The average Bonchev–Trinajstić information content (AvgIpc) is 3.09. The molecule has 0 unspecified atom stereocenters. The van der Waals surface area contributed by atoms with Gasteiger partial charge in [0, 0.05) is 18.7 Å². The number of nitrogens with zero attached hydrogens (tertiary/aromatic N) is 1. The fourth-order valence-electron chi connectivity index (χ4n) is 3.05. The first-order chi connectivity index (χ1) is 11.5. The van der Waals surface area contributed by atoms with E-state index in [4.69, 9.17) is 5.11 Å². The van der Waals surface area contributed by atoms with Crippen molar-refractivity contribution in [3.63, 3.8) is 0 Å². The highest BCUT2D eigenvalue weighted by molar-refractivity contribution is 6.07. The Bertz CT molecular complexity index is 780. The number of para-hydroxylation sites is 2. The van der Waals surface area contributed by atoms with Crippen LogP contribution in [-0.4, -0.2) is 30.1 Å². The molecule has 0 aliphatic carbocycles. The molecule has 5 heteroatoms. The Balaban J connectivity index is 1.87. The lowest BCUT2D eigenvalue weighted by Crippen LogP contribution is -2.21. The highest BCUT2D eigenvalue weighted by Gasteiger charge is 2.17. The summed E-state index contributed by atoms with van der Waals surface area (Å²) in [5, 5.41) is 12.1. The standard InChI is InChI=1S/C19H20N2O3/c1-13-10-14(12-15(11-13)19(23)24)18(22)20-16-6-2-3-7-17(16)21-8-4-5-9-21/h2-3,6-7,10-12H,4-5,8-9H2,1H3,(H,20,22)(H,23,24). The summed E-state index contributed by atoms with van der Waals surface area (Å²) in [4.78, 5) is 26.0. The second-order valence-corrected chi connectivity index (χ2v) is 6.06. The van der Waals surface area contributed by atoms with E-state index in [1.807, 2.05) is 24.3 Å². The van der Waals surface area contributed by atoms with Crippen molar-refractivity contribution in [1.29, 1.82) is 0 Å². The maximum Gasteiger partial charge on any atom is 0.335 e. The third-order valence-corrected chi connectivity index (χ3v) is 4.19. The Hall–Kier alpha value is -2.82. The Kier molecular flexibility index (Phi) is 4.51. The number of anilines is 2. The van der Waals surface area contributed by atoms with E-state index in [2.05, 4.69) is 10.2 Å². The first-order valence-electron chi connectivity index (χ1n) is 8.05. The average molecular weight is 324 g/mol. The molecule has 0 bridgehead atoms. The number of nitrogens with one attached hydrogen (secondary N) is 1. The number of amides is 1. The van der Waals surface area contributed by atoms with Crippen molar-refractivity contribution < 1.29 is 14.7 Å². The Morgan fingerprint density at radius 2 is 1.71 bits per heavy atom. The summed E-state index contributed by atoms with van der Waals surface area (Å²) in [7, 11) is 0. The molecule has 0 aromatic heterocycles. The van der Waals surface area contributed by atoms with Gasteiger partial charge in [0.1, 0.15) is 0 Å². The van der Waals surface area contributed by atoms with E-state index in [0.717, 1.165) is 42.9 Å². The van der Waals surface area contributed by atoms with E-state index in [0.29, 0.717) is 5.56 Å². The van der Waals surface area contributed by atoms with E-state index in [1.165, 1.54) is 6.07 Å². The summed E-state index contributed by atoms with van der Waals surface area (Å²) in [6, 6.07) is 12.4. The summed E-state index contributed by atoms with van der Waals surface area (Å²) < 4.78 is 0. The monoisotopic (exact) mass is 324 g/mol. The van der Waals surface area contributed by atoms with Gasteiger partial charge in [-0.1, -0.05) is 12.1 Å². The SMILES string of the molecule is Cc1cc(C(=O)O)cc(C(=O)Nc2ccccc2N2CCCC2)c1. The van der Waals surface area contributed by atoms with Crippen molar-refractivity contribution in [3.8, 4) is 0 Å². The molecule has 0 spiro atoms. The fraction of sp³-hybridized carbons (Fsp3) is 0.263. The molecule has 1 amide bonds. The fourth-order valence-corrected chi connectivity index (χ4v) is 3.05. The van der Waals surface area contributed by atoms with E-state index in [9.17, 15) is 9.59 Å². The molecule has 1 aliphatic heterocycles. The molecule has 3 rings (SSSR count). The van der Waals surface area contributed by atoms with Crippen LogP contribution in [0.2, 0.25) is 0 Å². The number of hydrogen-bond donors (Lipinski definition) is 2. The highest BCUT2D eigenvalue weighted by Crippen LogP contribution is 2.29. The van der Waals surface area contributed by atoms with Gasteiger partial charge >= 0.3 is 5.97 Å². The third kappa shape index (κ3) is 3.40. The number of carbonyl (C=O) groups is 2. The summed E-state index contributed by atoms with van der Waals surface area (Å²) >= 11 is 0. The quantitative estimate of drug-likeness (QED) is 0.902. The van der Waals surface area contributed by atoms with Crippen molar-refractivity contribution in [2.75, 3.05) is 23.3 Å². The van der Waals surface area contributed by atoms with Gasteiger partial charge in [0.2, 0.25) is 0 Å². The van der Waals surface area contributed by atoms with Gasteiger partial charge in [-0.25, -0.2) is 4.79 Å². The second kappa shape index (κ2) is 6.74. The summed E-state index contributed by atoms with van der Waals surface area (Å²) in [5.41, 5.74) is 2.97. The van der Waals surface area contributed by atoms with Crippen LogP contribution in [0.5, 0.6) is 0 Å². The molecule has 1 aliphatic rings. The van der Waals surface area contributed by atoms with Crippen LogP contribution in [-0.2, 0) is 0 Å². The summed E-state index contributed by atoms with van der Waals surface area (Å²) in [6.07, 6.45) is 2.31. The van der Waals surface area contributed by atoms with Crippen molar-refractivity contribution in [2.24, 2.45) is 0 Å². The predicted octanol–water partition coefficient (Wildman–Crippen LogP) is 3.55. The van der Waals surface area contributed by atoms with Crippen LogP contribution in [0.1, 0.15) is 39.1 Å². The van der Waals surface area contributed by atoms with Crippen LogP contribution in [0.3, 0.4) is 0 Å². The number of aryl methyl sites for hydroxylation is 1. The normalized spacial score (nSPS) is 13.8. The predicted molar refractivity (Wildman–Crippen MR) is 94.0 cm³/mol. The van der Waals surface area contributed by atoms with Crippen LogP contribution in [0, 0.1) is 6.92 Å². The van der Waals surface area contributed by atoms with Crippen molar-refractivity contribution in [2.45, 2.75) is 19.8 Å². The van der Waals surface area contributed by atoms with Crippen molar-refractivity contribution in [3.05, 3.63) is 59.2 Å². The summed E-state index contributed by atoms with van der Waals surface area (Å²) in [5.74, 6) is -1.34. The van der Waals surface area contributed by atoms with Gasteiger partial charge in [0.15, 0.2) is 0 Å². The Morgan fingerprint density at radius 1 is 1.04 bits per heavy atom. The lowest BCUT2D eigenvalue weighted by molar-refractivity contribution is 0.0696. The Morgan fingerprint density at radius 3 is 2.42 bits per heavy atom. The zero-order valence-electron chi connectivity index (χ0n) is 13.6. The van der Waals surface area contributed by atoms with Crippen LogP contribution in [0.15, 0.2) is 42.5 Å². The molecular weight excluding hydrogens is 304 g/mol. The van der Waals surface area contributed by atoms with E-state index >= 15 is 0 Å². The van der Waals surface area contributed by atoms with E-state index < -0.39 is 5.97 Å². The molecule has 1 heterocycles. The number of rotatable bonds is 4. The number of hydrogen-bond acceptors (Lipinski definition) is 3. The number of aromatic carboxylic acids is 1. The first-order valence-corrected chi connectivity index (χ1v) is 8.05.